The van der Waals surface area contributed by atoms with Crippen LogP contribution in [0, 0.1) is 0 Å². The van der Waals surface area contributed by atoms with Crippen LogP contribution in [0.25, 0.3) is 0 Å². The van der Waals surface area contributed by atoms with E-state index in [1.807, 2.05) is 6.92 Å². The maximum Gasteiger partial charge on any atom is 0.309 e. The first-order chi connectivity index (χ1) is 14.8. The van der Waals surface area contributed by atoms with Crippen LogP contribution in [0.15, 0.2) is 22.7 Å². The van der Waals surface area contributed by atoms with Crippen LogP contribution in [-0.4, -0.2) is 51.0 Å². The van der Waals surface area contributed by atoms with Crippen molar-refractivity contribution in [3.8, 4) is 17.4 Å². The molecule has 1 aromatic carbocycles. The Morgan fingerprint density at radius 1 is 1.19 bits per heavy atom. The van der Waals surface area contributed by atoms with E-state index in [1.165, 1.54) is 24.9 Å². The predicted molar refractivity (Wildman–Crippen MR) is 116 cm³/mol. The first-order valence-corrected chi connectivity index (χ1v) is 12.0. The largest absolute Gasteiger partial charge is 0.494 e. The monoisotopic (exact) mass is 449 g/mol. The van der Waals surface area contributed by atoms with Gasteiger partial charge in [0.2, 0.25) is 11.7 Å². The molecule has 1 saturated heterocycles. The van der Waals surface area contributed by atoms with Crippen LogP contribution in [0.2, 0.25) is 0 Å². The number of aryl methyl sites for hydroxylation is 1. The van der Waals surface area contributed by atoms with Gasteiger partial charge in [0.05, 0.1) is 35.2 Å². The first kappa shape index (κ1) is 22.8. The van der Waals surface area contributed by atoms with Gasteiger partial charge in [-0.3, -0.25) is 9.59 Å². The van der Waals surface area contributed by atoms with Gasteiger partial charge in [-0.1, -0.05) is 6.42 Å². The second-order valence-corrected chi connectivity index (χ2v) is 9.71. The summed E-state index contributed by atoms with van der Waals surface area (Å²) in [6.45, 7) is 3.45. The van der Waals surface area contributed by atoms with Crippen LogP contribution >= 0.6 is 0 Å². The molecule has 31 heavy (non-hydrogen) atoms. The molecule has 0 unspecified atom stereocenters. The number of rotatable bonds is 7. The van der Waals surface area contributed by atoms with Crippen LogP contribution < -0.4 is 14.2 Å². The standard InChI is InChI=1S/C21H27N3O6S/c1-5-29-17-10-9-15(19(26)16-13-22-24(3)21(16)30-14(2)25)20(28-4)18(17)23-31(27)11-7-6-8-12-31/h9-10,13H,5-8,11-12H2,1-4H3. The summed E-state index contributed by atoms with van der Waals surface area (Å²) in [5.74, 6) is 0.571. The summed E-state index contributed by atoms with van der Waals surface area (Å²) >= 11 is 0. The minimum absolute atomic E-state index is 0.0325. The molecule has 1 fully saturated rings. The number of benzene rings is 1. The molecular formula is C21H27N3O6S. The lowest BCUT2D eigenvalue weighted by molar-refractivity contribution is -0.132. The Bertz CT molecular complexity index is 1100. The molecule has 0 N–H and O–H groups in total. The Morgan fingerprint density at radius 2 is 1.90 bits per heavy atom. The summed E-state index contributed by atoms with van der Waals surface area (Å²) in [6, 6.07) is 3.18. The average Bonchev–Trinajstić information content (AvgIpc) is 3.08. The van der Waals surface area contributed by atoms with E-state index < -0.39 is 21.5 Å². The lowest BCUT2D eigenvalue weighted by Crippen LogP contribution is -2.16. The molecule has 2 heterocycles. The number of nitrogens with zero attached hydrogens (tertiary/aromatic N) is 3. The van der Waals surface area contributed by atoms with Gasteiger partial charge in [0.15, 0.2) is 11.4 Å². The number of ether oxygens (including phenoxy) is 3. The van der Waals surface area contributed by atoms with E-state index in [1.54, 1.807) is 19.2 Å². The van der Waals surface area contributed by atoms with E-state index in [9.17, 15) is 13.8 Å². The lowest BCUT2D eigenvalue weighted by Gasteiger charge is -2.19. The van der Waals surface area contributed by atoms with Crippen molar-refractivity contribution in [2.75, 3.05) is 25.2 Å². The number of carbonyl (C=O) groups excluding carboxylic acids is 2. The maximum atomic E-state index is 13.4. The highest BCUT2D eigenvalue weighted by Gasteiger charge is 2.27. The third-order valence-electron chi connectivity index (χ3n) is 4.90. The fraction of sp³-hybridized carbons (Fsp3) is 0.476. The number of carbonyl (C=O) groups is 2. The topological polar surface area (TPSA) is 109 Å². The van der Waals surface area contributed by atoms with Gasteiger partial charge >= 0.3 is 5.97 Å². The Kier molecular flexibility index (Phi) is 6.99. The molecule has 0 radical (unpaired) electrons. The Labute approximate surface area is 181 Å². The average molecular weight is 450 g/mol. The summed E-state index contributed by atoms with van der Waals surface area (Å²) in [4.78, 5) is 24.8. The third kappa shape index (κ3) is 4.90. The van der Waals surface area contributed by atoms with Crippen molar-refractivity contribution in [2.24, 2.45) is 11.4 Å². The molecule has 0 atom stereocenters. The normalized spacial score (nSPS) is 15.2. The molecule has 168 valence electrons. The molecule has 0 saturated carbocycles. The van der Waals surface area contributed by atoms with Crippen LogP contribution in [0.5, 0.6) is 17.4 Å². The van der Waals surface area contributed by atoms with Crippen LogP contribution in [0.1, 0.15) is 49.0 Å². The minimum atomic E-state index is -2.48. The SMILES string of the molecule is CCOc1ccc(C(=O)c2cnn(C)c2OC(C)=O)c(OC)c1N=S1(=O)CCCCC1. The molecule has 10 heteroatoms. The highest BCUT2D eigenvalue weighted by atomic mass is 32.2. The summed E-state index contributed by atoms with van der Waals surface area (Å²) in [5.41, 5.74) is 0.554. The van der Waals surface area contributed by atoms with E-state index in [4.69, 9.17) is 14.2 Å². The van der Waals surface area contributed by atoms with Gasteiger partial charge in [-0.25, -0.2) is 8.89 Å². The van der Waals surface area contributed by atoms with E-state index in [2.05, 4.69) is 9.46 Å². The molecule has 0 bridgehead atoms. The fourth-order valence-electron chi connectivity index (χ4n) is 3.47. The van der Waals surface area contributed by atoms with Crippen LogP contribution in [0.4, 0.5) is 5.69 Å². The van der Waals surface area contributed by atoms with Crippen molar-refractivity contribution in [2.45, 2.75) is 33.1 Å². The van der Waals surface area contributed by atoms with E-state index in [0.717, 1.165) is 19.3 Å². The number of methoxy groups -OCH3 is 1. The van der Waals surface area contributed by atoms with Gasteiger partial charge in [0.25, 0.3) is 0 Å². The van der Waals surface area contributed by atoms with Crippen molar-refractivity contribution in [3.05, 3.63) is 29.5 Å². The van der Waals surface area contributed by atoms with Gasteiger partial charge in [-0.05, 0) is 31.9 Å². The first-order valence-electron chi connectivity index (χ1n) is 10.1. The smallest absolute Gasteiger partial charge is 0.309 e. The summed E-state index contributed by atoms with van der Waals surface area (Å²) in [7, 11) is 0.514. The minimum Gasteiger partial charge on any atom is -0.494 e. The number of hydrogen-bond donors (Lipinski definition) is 0. The molecule has 0 spiro atoms. The van der Waals surface area contributed by atoms with Gasteiger partial charge in [0.1, 0.15) is 11.3 Å². The number of esters is 1. The highest BCUT2D eigenvalue weighted by molar-refractivity contribution is 7.93. The third-order valence-corrected chi connectivity index (χ3v) is 7.27. The van der Waals surface area contributed by atoms with Gasteiger partial charge in [-0.2, -0.15) is 9.46 Å². The van der Waals surface area contributed by atoms with Crippen molar-refractivity contribution in [1.29, 1.82) is 0 Å². The summed E-state index contributed by atoms with van der Waals surface area (Å²) < 4.78 is 35.6. The molecule has 2 aromatic rings. The zero-order valence-electron chi connectivity index (χ0n) is 18.2. The fourth-order valence-corrected chi connectivity index (χ4v) is 5.68. The number of ketones is 1. The predicted octanol–water partition coefficient (Wildman–Crippen LogP) is 3.27. The van der Waals surface area contributed by atoms with Gasteiger partial charge in [0, 0.05) is 25.5 Å². The quantitative estimate of drug-likeness (QED) is 0.471. The Balaban J connectivity index is 2.17. The number of hydrogen-bond acceptors (Lipinski definition) is 8. The molecule has 1 aliphatic heterocycles. The van der Waals surface area contributed by atoms with Crippen molar-refractivity contribution >= 4 is 27.2 Å². The zero-order valence-corrected chi connectivity index (χ0v) is 19.0. The maximum absolute atomic E-state index is 13.4. The van der Waals surface area contributed by atoms with Crippen LogP contribution in [0.3, 0.4) is 0 Å². The van der Waals surface area contributed by atoms with E-state index in [0.29, 0.717) is 23.9 Å². The van der Waals surface area contributed by atoms with E-state index in [-0.39, 0.29) is 28.4 Å². The molecule has 9 nitrogen and oxygen atoms in total. The van der Waals surface area contributed by atoms with Crippen molar-refractivity contribution in [3.63, 3.8) is 0 Å². The molecule has 1 aliphatic rings. The second-order valence-electron chi connectivity index (χ2n) is 7.17. The summed E-state index contributed by atoms with van der Waals surface area (Å²) in [6.07, 6.45) is 4.04. The zero-order chi connectivity index (χ0) is 22.6. The van der Waals surface area contributed by atoms with Crippen molar-refractivity contribution < 1.29 is 28.0 Å². The molecule has 3 rings (SSSR count). The Hall–Kier alpha value is -2.88. The Morgan fingerprint density at radius 3 is 2.52 bits per heavy atom. The lowest BCUT2D eigenvalue weighted by atomic mass is 10.0. The molecule has 0 aliphatic carbocycles. The van der Waals surface area contributed by atoms with E-state index >= 15 is 0 Å². The van der Waals surface area contributed by atoms with Gasteiger partial charge < -0.3 is 14.2 Å². The summed E-state index contributed by atoms with van der Waals surface area (Å²) in [5, 5.41) is 4.03. The van der Waals surface area contributed by atoms with Gasteiger partial charge in [-0.15, -0.1) is 0 Å². The highest BCUT2D eigenvalue weighted by Crippen LogP contribution is 2.43. The molecular weight excluding hydrogens is 422 g/mol. The molecule has 1 aromatic heterocycles. The molecule has 0 amide bonds. The second kappa shape index (κ2) is 9.51. The van der Waals surface area contributed by atoms with Crippen molar-refractivity contribution in [1.82, 2.24) is 9.78 Å². The number of aromatic nitrogens is 2. The van der Waals surface area contributed by atoms with Crippen LogP contribution in [-0.2, 0) is 21.6 Å².